The molecule has 2 heterocycles. The van der Waals surface area contributed by atoms with Crippen molar-refractivity contribution >= 4 is 16.5 Å². The molecule has 2 N–H and O–H groups in total. The van der Waals surface area contributed by atoms with Gasteiger partial charge < -0.3 is 10.4 Å². The number of hydrogen-bond donors (Lipinski definition) is 2. The molecule has 1 aromatic rings. The fraction of sp³-hybridized carbons (Fsp3) is 0.769. The van der Waals surface area contributed by atoms with E-state index in [4.69, 9.17) is 0 Å². The Labute approximate surface area is 113 Å². The van der Waals surface area contributed by atoms with Gasteiger partial charge in [-0.15, -0.1) is 11.3 Å². The number of aromatic nitrogens is 1. The Hall–Kier alpha value is -0.650. The zero-order valence-corrected chi connectivity index (χ0v) is 11.9. The number of rotatable bonds is 6. The molecule has 5 heteroatoms. The van der Waals surface area contributed by atoms with Crippen LogP contribution in [0.1, 0.15) is 37.5 Å². The normalized spacial score (nSPS) is 21.1. The maximum atomic E-state index is 9.39. The number of hydrogen-bond acceptors (Lipinski definition) is 5. The van der Waals surface area contributed by atoms with E-state index in [0.29, 0.717) is 6.04 Å². The zero-order valence-electron chi connectivity index (χ0n) is 11.1. The lowest BCUT2D eigenvalue weighted by Gasteiger charge is -2.33. The van der Waals surface area contributed by atoms with Gasteiger partial charge in [-0.3, -0.25) is 4.90 Å². The summed E-state index contributed by atoms with van der Waals surface area (Å²) in [5.74, 6) is 0. The van der Waals surface area contributed by atoms with E-state index in [9.17, 15) is 5.11 Å². The lowest BCUT2D eigenvalue weighted by Crippen LogP contribution is -2.40. The van der Waals surface area contributed by atoms with E-state index in [-0.39, 0.29) is 6.61 Å². The minimum atomic E-state index is 0.278. The molecule has 0 radical (unpaired) electrons. The van der Waals surface area contributed by atoms with Gasteiger partial charge in [-0.05, 0) is 25.8 Å². The van der Waals surface area contributed by atoms with E-state index in [1.165, 1.54) is 17.7 Å². The van der Waals surface area contributed by atoms with E-state index < -0.39 is 0 Å². The van der Waals surface area contributed by atoms with Gasteiger partial charge in [0.05, 0.1) is 6.61 Å². The zero-order chi connectivity index (χ0) is 12.8. The summed E-state index contributed by atoms with van der Waals surface area (Å²) in [4.78, 5) is 8.06. The molecule has 0 bridgehead atoms. The summed E-state index contributed by atoms with van der Waals surface area (Å²) in [7, 11) is 0. The quantitative estimate of drug-likeness (QED) is 0.832. The number of anilines is 1. The van der Waals surface area contributed by atoms with Crippen LogP contribution < -0.4 is 5.32 Å². The molecule has 0 spiro atoms. The molecule has 0 aliphatic carbocycles. The van der Waals surface area contributed by atoms with Crippen molar-refractivity contribution in [3.63, 3.8) is 0 Å². The van der Waals surface area contributed by atoms with Crippen molar-refractivity contribution < 1.29 is 5.11 Å². The SMILES string of the molecule is CCCNc1ncc(CN2CCCCC2CO)s1. The van der Waals surface area contributed by atoms with E-state index in [0.717, 1.165) is 37.6 Å². The van der Waals surface area contributed by atoms with Crippen molar-refractivity contribution in [1.29, 1.82) is 0 Å². The predicted molar refractivity (Wildman–Crippen MR) is 76.0 cm³/mol. The van der Waals surface area contributed by atoms with Gasteiger partial charge in [-0.1, -0.05) is 13.3 Å². The molecule has 2 rings (SSSR count). The summed E-state index contributed by atoms with van der Waals surface area (Å²) in [6, 6.07) is 0.341. The van der Waals surface area contributed by atoms with Gasteiger partial charge in [0, 0.05) is 30.2 Å². The number of nitrogens with zero attached hydrogens (tertiary/aromatic N) is 2. The molecular weight excluding hydrogens is 246 g/mol. The first-order chi connectivity index (χ1) is 8.83. The first-order valence-electron chi connectivity index (χ1n) is 6.87. The Morgan fingerprint density at radius 2 is 2.44 bits per heavy atom. The molecule has 0 saturated carbocycles. The van der Waals surface area contributed by atoms with Gasteiger partial charge in [0.1, 0.15) is 0 Å². The van der Waals surface area contributed by atoms with Gasteiger partial charge >= 0.3 is 0 Å². The van der Waals surface area contributed by atoms with Crippen LogP contribution in [0.25, 0.3) is 0 Å². The van der Waals surface area contributed by atoms with Crippen molar-refractivity contribution in [2.75, 3.05) is 25.0 Å². The Morgan fingerprint density at radius 3 is 3.22 bits per heavy atom. The molecule has 0 amide bonds. The first kappa shape index (κ1) is 13.8. The van der Waals surface area contributed by atoms with Crippen molar-refractivity contribution in [3.8, 4) is 0 Å². The molecule has 4 nitrogen and oxygen atoms in total. The molecule has 1 unspecified atom stereocenters. The van der Waals surface area contributed by atoms with Crippen molar-refractivity contribution in [3.05, 3.63) is 11.1 Å². The molecule has 102 valence electrons. The van der Waals surface area contributed by atoms with Gasteiger partial charge in [0.2, 0.25) is 0 Å². The van der Waals surface area contributed by atoms with Crippen LogP contribution in [0.4, 0.5) is 5.13 Å². The Bertz CT molecular complexity index is 356. The van der Waals surface area contributed by atoms with Crippen molar-refractivity contribution in [2.45, 2.75) is 45.2 Å². The molecule has 1 aliphatic heterocycles. The summed E-state index contributed by atoms with van der Waals surface area (Å²) >= 11 is 1.73. The van der Waals surface area contributed by atoms with E-state index in [1.54, 1.807) is 11.3 Å². The number of aliphatic hydroxyl groups excluding tert-OH is 1. The van der Waals surface area contributed by atoms with Crippen LogP contribution in [-0.4, -0.2) is 40.7 Å². The minimum absolute atomic E-state index is 0.278. The van der Waals surface area contributed by atoms with Gasteiger partial charge in [-0.25, -0.2) is 4.98 Å². The van der Waals surface area contributed by atoms with Gasteiger partial charge in [-0.2, -0.15) is 0 Å². The fourth-order valence-corrected chi connectivity index (χ4v) is 3.23. The fourth-order valence-electron chi connectivity index (χ4n) is 2.37. The summed E-state index contributed by atoms with van der Waals surface area (Å²) in [6.07, 6.45) is 6.69. The Morgan fingerprint density at radius 1 is 1.56 bits per heavy atom. The number of likely N-dealkylation sites (tertiary alicyclic amines) is 1. The molecular formula is C13H23N3OS. The lowest BCUT2D eigenvalue weighted by atomic mass is 10.0. The second kappa shape index (κ2) is 7.07. The Kier molecular flexibility index (Phi) is 5.41. The van der Waals surface area contributed by atoms with Crippen LogP contribution in [-0.2, 0) is 6.54 Å². The number of aliphatic hydroxyl groups is 1. The average molecular weight is 269 g/mol. The average Bonchev–Trinajstić information content (AvgIpc) is 2.84. The summed E-state index contributed by atoms with van der Waals surface area (Å²) < 4.78 is 0. The van der Waals surface area contributed by atoms with Crippen LogP contribution in [0.3, 0.4) is 0 Å². The third-order valence-corrected chi connectivity index (χ3v) is 4.34. The second-order valence-corrected chi connectivity index (χ2v) is 5.98. The monoisotopic (exact) mass is 269 g/mol. The van der Waals surface area contributed by atoms with Crippen LogP contribution in [0.5, 0.6) is 0 Å². The minimum Gasteiger partial charge on any atom is -0.395 e. The summed E-state index contributed by atoms with van der Waals surface area (Å²) in [6.45, 7) is 5.44. The maximum absolute atomic E-state index is 9.39. The maximum Gasteiger partial charge on any atom is 0.182 e. The molecule has 1 fully saturated rings. The predicted octanol–water partition coefficient (Wildman–Crippen LogP) is 2.31. The summed E-state index contributed by atoms with van der Waals surface area (Å²) in [5, 5.41) is 13.7. The highest BCUT2D eigenvalue weighted by atomic mass is 32.1. The van der Waals surface area contributed by atoms with Crippen LogP contribution in [0.15, 0.2) is 6.20 Å². The number of piperidine rings is 1. The summed E-state index contributed by atoms with van der Waals surface area (Å²) in [5.41, 5.74) is 0. The standard InChI is InChI=1S/C13H23N3OS/c1-2-6-14-13-15-8-12(18-13)9-16-7-4-3-5-11(16)10-17/h8,11,17H,2-7,9-10H2,1H3,(H,14,15). The second-order valence-electron chi connectivity index (χ2n) is 4.86. The highest BCUT2D eigenvalue weighted by Gasteiger charge is 2.22. The molecule has 1 aliphatic rings. The molecule has 0 aromatic carbocycles. The van der Waals surface area contributed by atoms with E-state index in [1.807, 2.05) is 6.20 Å². The number of thiazole rings is 1. The number of nitrogens with one attached hydrogen (secondary N) is 1. The van der Waals surface area contributed by atoms with E-state index >= 15 is 0 Å². The molecule has 18 heavy (non-hydrogen) atoms. The molecule has 1 saturated heterocycles. The van der Waals surface area contributed by atoms with Crippen LogP contribution in [0.2, 0.25) is 0 Å². The van der Waals surface area contributed by atoms with Gasteiger partial charge in [0.25, 0.3) is 0 Å². The molecule has 1 atom stereocenters. The van der Waals surface area contributed by atoms with Gasteiger partial charge in [0.15, 0.2) is 5.13 Å². The Balaban J connectivity index is 1.89. The highest BCUT2D eigenvalue weighted by molar-refractivity contribution is 7.15. The van der Waals surface area contributed by atoms with E-state index in [2.05, 4.69) is 22.1 Å². The highest BCUT2D eigenvalue weighted by Crippen LogP contribution is 2.24. The lowest BCUT2D eigenvalue weighted by molar-refractivity contribution is 0.0849. The topological polar surface area (TPSA) is 48.4 Å². The van der Waals surface area contributed by atoms with Crippen molar-refractivity contribution in [2.24, 2.45) is 0 Å². The largest absolute Gasteiger partial charge is 0.395 e. The third kappa shape index (κ3) is 3.67. The smallest absolute Gasteiger partial charge is 0.182 e. The van der Waals surface area contributed by atoms with Crippen molar-refractivity contribution in [1.82, 2.24) is 9.88 Å². The molecule has 1 aromatic heterocycles. The third-order valence-electron chi connectivity index (χ3n) is 3.40. The van der Waals surface area contributed by atoms with Crippen LogP contribution in [0, 0.1) is 0 Å². The van der Waals surface area contributed by atoms with Crippen LogP contribution >= 0.6 is 11.3 Å². The first-order valence-corrected chi connectivity index (χ1v) is 7.68.